The van der Waals surface area contributed by atoms with Gasteiger partial charge in [0.15, 0.2) is 5.11 Å². The first-order valence-corrected chi connectivity index (χ1v) is 14.3. The maximum Gasteiger partial charge on any atom is 0.250 e. The van der Waals surface area contributed by atoms with Crippen LogP contribution in [0.3, 0.4) is 0 Å². The Bertz CT molecular complexity index is 1790. The summed E-state index contributed by atoms with van der Waals surface area (Å²) in [5, 5.41) is 9.53. The molecule has 2 aromatic heterocycles. The Labute approximate surface area is 251 Å². The standard InChI is InChI=1S/C34H33N5O2S/c1-21-18-25(15-16-28(21)36-31(40)20-41-4)39-33(32(37-34(39)42)29-13-7-8-17-35-29)27-19-22(2)38(23(27)3)30-14-9-11-24-10-5-6-12-26(24)30/h5-19,32-33H,20H2,1-4H3,(H,36,40)(H,37,42)/t32-,33-/m0/s1. The van der Waals surface area contributed by atoms with Crippen molar-refractivity contribution in [1.82, 2.24) is 14.9 Å². The van der Waals surface area contributed by atoms with E-state index in [2.05, 4.69) is 88.5 Å². The minimum atomic E-state index is -0.194. The molecule has 1 aliphatic rings. The lowest BCUT2D eigenvalue weighted by atomic mass is 9.96. The van der Waals surface area contributed by atoms with E-state index >= 15 is 0 Å². The van der Waals surface area contributed by atoms with Gasteiger partial charge in [0, 0.05) is 41.5 Å². The largest absolute Gasteiger partial charge is 0.375 e. The van der Waals surface area contributed by atoms with Crippen molar-refractivity contribution in [2.24, 2.45) is 0 Å². The quantitative estimate of drug-likeness (QED) is 0.210. The Morgan fingerprint density at radius 3 is 2.55 bits per heavy atom. The smallest absolute Gasteiger partial charge is 0.250 e. The molecule has 0 bridgehead atoms. The van der Waals surface area contributed by atoms with Gasteiger partial charge in [-0.2, -0.15) is 0 Å². The fourth-order valence-corrected chi connectivity index (χ4v) is 6.41. The van der Waals surface area contributed by atoms with Crippen molar-refractivity contribution in [3.8, 4) is 5.69 Å². The fraction of sp³-hybridized carbons (Fsp3) is 0.206. The number of pyridine rings is 1. The molecule has 212 valence electrons. The first-order chi connectivity index (χ1) is 20.4. The van der Waals surface area contributed by atoms with Crippen LogP contribution in [0.1, 0.15) is 40.3 Å². The Morgan fingerprint density at radius 2 is 1.79 bits per heavy atom. The molecule has 6 rings (SSSR count). The number of anilines is 2. The van der Waals surface area contributed by atoms with Crippen molar-refractivity contribution < 1.29 is 9.53 Å². The molecule has 1 fully saturated rings. The lowest BCUT2D eigenvalue weighted by Gasteiger charge is -2.29. The summed E-state index contributed by atoms with van der Waals surface area (Å²) in [6.45, 7) is 6.32. The molecule has 5 aromatic rings. The molecular formula is C34H33N5O2S. The lowest BCUT2D eigenvalue weighted by Crippen LogP contribution is -2.29. The van der Waals surface area contributed by atoms with Crippen LogP contribution in [0.4, 0.5) is 11.4 Å². The van der Waals surface area contributed by atoms with E-state index in [9.17, 15) is 4.79 Å². The average molecular weight is 576 g/mol. The van der Waals surface area contributed by atoms with Gasteiger partial charge in [0.05, 0.1) is 23.5 Å². The molecule has 42 heavy (non-hydrogen) atoms. The molecule has 3 aromatic carbocycles. The van der Waals surface area contributed by atoms with Gasteiger partial charge in [-0.25, -0.2) is 0 Å². The number of aromatic nitrogens is 2. The Kier molecular flexibility index (Phi) is 7.49. The zero-order valence-corrected chi connectivity index (χ0v) is 24.9. The van der Waals surface area contributed by atoms with Crippen molar-refractivity contribution in [3.63, 3.8) is 0 Å². The number of methoxy groups -OCH3 is 1. The van der Waals surface area contributed by atoms with Gasteiger partial charge in [0.2, 0.25) is 5.91 Å². The SMILES string of the molecule is COCC(=O)Nc1ccc(N2C(=S)N[C@@H](c3ccccn3)[C@@H]2c2cc(C)n(-c3cccc4ccccc34)c2C)cc1C. The number of rotatable bonds is 7. The van der Waals surface area contributed by atoms with E-state index in [1.807, 2.05) is 43.5 Å². The zero-order valence-electron chi connectivity index (χ0n) is 24.1. The average Bonchev–Trinajstić information content (AvgIpc) is 3.49. The number of nitrogens with one attached hydrogen (secondary N) is 2. The van der Waals surface area contributed by atoms with Gasteiger partial charge < -0.3 is 24.8 Å². The number of thiocarbonyl (C=S) groups is 1. The third-order valence-electron chi connectivity index (χ3n) is 7.93. The van der Waals surface area contributed by atoms with Crippen molar-refractivity contribution >= 4 is 45.4 Å². The second kappa shape index (κ2) is 11.4. The Morgan fingerprint density at radius 1 is 1.00 bits per heavy atom. The van der Waals surface area contributed by atoms with Gasteiger partial charge in [0.25, 0.3) is 0 Å². The molecule has 1 amide bonds. The normalized spacial score (nSPS) is 16.6. The summed E-state index contributed by atoms with van der Waals surface area (Å²) in [4.78, 5) is 19.1. The van der Waals surface area contributed by atoms with Crippen LogP contribution in [0.25, 0.3) is 16.5 Å². The maximum absolute atomic E-state index is 12.2. The van der Waals surface area contributed by atoms with Gasteiger partial charge in [-0.15, -0.1) is 0 Å². The first kappa shape index (κ1) is 27.6. The van der Waals surface area contributed by atoms with E-state index < -0.39 is 0 Å². The molecule has 1 saturated heterocycles. The summed E-state index contributed by atoms with van der Waals surface area (Å²) in [6, 6.07) is 28.8. The molecule has 0 aliphatic carbocycles. The number of ether oxygens (including phenoxy) is 1. The highest BCUT2D eigenvalue weighted by atomic mass is 32.1. The summed E-state index contributed by atoms with van der Waals surface area (Å²) in [6.07, 6.45) is 1.82. The zero-order chi connectivity index (χ0) is 29.4. The number of nitrogens with zero attached hydrogens (tertiary/aromatic N) is 3. The highest BCUT2D eigenvalue weighted by molar-refractivity contribution is 7.80. The lowest BCUT2D eigenvalue weighted by molar-refractivity contribution is -0.119. The molecule has 8 heteroatoms. The summed E-state index contributed by atoms with van der Waals surface area (Å²) in [5.74, 6) is -0.194. The molecule has 2 atom stereocenters. The van der Waals surface area contributed by atoms with E-state index in [0.717, 1.165) is 39.7 Å². The Hall–Kier alpha value is -4.53. The minimum Gasteiger partial charge on any atom is -0.375 e. The van der Waals surface area contributed by atoms with Crippen LogP contribution < -0.4 is 15.5 Å². The first-order valence-electron chi connectivity index (χ1n) is 13.9. The summed E-state index contributed by atoms with van der Waals surface area (Å²) >= 11 is 5.99. The van der Waals surface area contributed by atoms with Gasteiger partial charge in [-0.05, 0) is 92.0 Å². The predicted molar refractivity (Wildman–Crippen MR) is 172 cm³/mol. The number of hydrogen-bond acceptors (Lipinski definition) is 4. The van der Waals surface area contributed by atoms with Crippen LogP contribution in [0.2, 0.25) is 0 Å². The van der Waals surface area contributed by atoms with E-state index in [0.29, 0.717) is 5.11 Å². The summed E-state index contributed by atoms with van der Waals surface area (Å²) < 4.78 is 7.32. The Balaban J connectivity index is 1.48. The number of hydrogen-bond donors (Lipinski definition) is 2. The number of carbonyl (C=O) groups excluding carboxylic acids is 1. The van der Waals surface area contributed by atoms with E-state index in [1.54, 1.807) is 0 Å². The molecule has 0 radical (unpaired) electrons. The third-order valence-corrected chi connectivity index (χ3v) is 8.25. The van der Waals surface area contributed by atoms with Crippen LogP contribution in [-0.4, -0.2) is 34.3 Å². The number of carbonyl (C=O) groups is 1. The van der Waals surface area contributed by atoms with Gasteiger partial charge >= 0.3 is 0 Å². The summed E-state index contributed by atoms with van der Waals surface area (Å²) in [7, 11) is 1.51. The summed E-state index contributed by atoms with van der Waals surface area (Å²) in [5.41, 5.74) is 8.13. The van der Waals surface area contributed by atoms with Crippen molar-refractivity contribution in [1.29, 1.82) is 0 Å². The van der Waals surface area contributed by atoms with Crippen molar-refractivity contribution in [3.05, 3.63) is 119 Å². The second-order valence-electron chi connectivity index (χ2n) is 10.6. The van der Waals surface area contributed by atoms with E-state index in [-0.39, 0.29) is 24.6 Å². The van der Waals surface area contributed by atoms with Crippen LogP contribution in [0, 0.1) is 20.8 Å². The molecule has 7 nitrogen and oxygen atoms in total. The van der Waals surface area contributed by atoms with Gasteiger partial charge in [-0.3, -0.25) is 9.78 Å². The molecule has 2 N–H and O–H groups in total. The van der Waals surface area contributed by atoms with Crippen LogP contribution >= 0.6 is 12.2 Å². The highest BCUT2D eigenvalue weighted by Crippen LogP contribution is 2.44. The monoisotopic (exact) mass is 575 g/mol. The number of amides is 1. The predicted octanol–water partition coefficient (Wildman–Crippen LogP) is 6.71. The molecule has 1 aliphatic heterocycles. The van der Waals surface area contributed by atoms with Crippen LogP contribution in [0.15, 0.2) is 91.1 Å². The number of fused-ring (bicyclic) bond motifs is 1. The minimum absolute atomic E-state index is 0.00146. The molecular weight excluding hydrogens is 542 g/mol. The molecule has 0 unspecified atom stereocenters. The molecule has 3 heterocycles. The topological polar surface area (TPSA) is 71.4 Å². The van der Waals surface area contributed by atoms with E-state index in [4.69, 9.17) is 21.9 Å². The third kappa shape index (κ3) is 4.93. The number of aryl methyl sites for hydroxylation is 2. The van der Waals surface area contributed by atoms with Crippen LogP contribution in [0.5, 0.6) is 0 Å². The maximum atomic E-state index is 12.2. The second-order valence-corrected chi connectivity index (χ2v) is 11.0. The van der Waals surface area contributed by atoms with Crippen LogP contribution in [-0.2, 0) is 9.53 Å². The van der Waals surface area contributed by atoms with Gasteiger partial charge in [-0.1, -0.05) is 42.5 Å². The molecule has 0 spiro atoms. The van der Waals surface area contributed by atoms with Crippen molar-refractivity contribution in [2.75, 3.05) is 23.9 Å². The van der Waals surface area contributed by atoms with E-state index in [1.165, 1.54) is 23.4 Å². The van der Waals surface area contributed by atoms with Gasteiger partial charge in [0.1, 0.15) is 6.61 Å². The van der Waals surface area contributed by atoms with Crippen molar-refractivity contribution in [2.45, 2.75) is 32.9 Å². The number of benzene rings is 3. The highest BCUT2D eigenvalue weighted by Gasteiger charge is 2.42. The fourth-order valence-electron chi connectivity index (χ4n) is 6.07. The molecule has 0 saturated carbocycles.